The smallest absolute Gasteiger partial charge is 0.396 e. The minimum absolute atomic E-state index is 0.178. The summed E-state index contributed by atoms with van der Waals surface area (Å²) >= 11 is 0. The summed E-state index contributed by atoms with van der Waals surface area (Å²) in [6.45, 7) is 2.08. The SMILES string of the molecule is CCOC(=O)C(=O)NCC1Cc2cc(OC)ccc2O1. The fourth-order valence-electron chi connectivity index (χ4n) is 2.01. The van der Waals surface area contributed by atoms with E-state index in [9.17, 15) is 9.59 Å². The lowest BCUT2D eigenvalue weighted by molar-refractivity contribution is -0.154. The summed E-state index contributed by atoms with van der Waals surface area (Å²) in [6, 6.07) is 5.56. The third kappa shape index (κ3) is 3.20. The summed E-state index contributed by atoms with van der Waals surface area (Å²) in [6.07, 6.45) is 0.478. The van der Waals surface area contributed by atoms with Gasteiger partial charge in [0.25, 0.3) is 0 Å². The molecule has 0 radical (unpaired) electrons. The molecule has 1 aromatic carbocycles. The molecule has 1 aliphatic rings. The van der Waals surface area contributed by atoms with Crippen molar-refractivity contribution in [1.29, 1.82) is 0 Å². The molecule has 0 fully saturated rings. The molecular formula is C14H17NO5. The fourth-order valence-corrected chi connectivity index (χ4v) is 2.01. The number of hydrogen-bond acceptors (Lipinski definition) is 5. The summed E-state index contributed by atoms with van der Waals surface area (Å²) in [7, 11) is 1.61. The molecule has 0 spiro atoms. The van der Waals surface area contributed by atoms with Crippen LogP contribution in [0.15, 0.2) is 18.2 Å². The zero-order valence-corrected chi connectivity index (χ0v) is 11.5. The second-order valence-electron chi connectivity index (χ2n) is 4.35. The van der Waals surface area contributed by atoms with E-state index in [2.05, 4.69) is 10.1 Å². The molecule has 6 heteroatoms. The monoisotopic (exact) mass is 279 g/mol. The number of hydrogen-bond donors (Lipinski definition) is 1. The molecule has 0 bridgehead atoms. The topological polar surface area (TPSA) is 73.9 Å². The molecule has 0 saturated heterocycles. The largest absolute Gasteiger partial charge is 0.497 e. The van der Waals surface area contributed by atoms with Crippen LogP contribution in [0, 0.1) is 0 Å². The predicted octanol–water partition coefficient (Wildman–Crippen LogP) is 0.678. The number of amides is 1. The quantitative estimate of drug-likeness (QED) is 0.648. The minimum atomic E-state index is -0.871. The molecule has 0 aliphatic carbocycles. The maximum atomic E-state index is 11.4. The third-order valence-electron chi connectivity index (χ3n) is 2.96. The molecule has 1 amide bonds. The lowest BCUT2D eigenvalue weighted by Crippen LogP contribution is -2.39. The number of methoxy groups -OCH3 is 1. The van der Waals surface area contributed by atoms with Gasteiger partial charge in [0.1, 0.15) is 17.6 Å². The zero-order chi connectivity index (χ0) is 14.5. The van der Waals surface area contributed by atoms with E-state index in [4.69, 9.17) is 9.47 Å². The number of esters is 1. The number of nitrogens with one attached hydrogen (secondary N) is 1. The van der Waals surface area contributed by atoms with Crippen molar-refractivity contribution in [2.45, 2.75) is 19.4 Å². The Morgan fingerprint density at radius 3 is 2.95 bits per heavy atom. The number of fused-ring (bicyclic) bond motifs is 1. The molecule has 1 N–H and O–H groups in total. The first-order chi connectivity index (χ1) is 9.63. The zero-order valence-electron chi connectivity index (χ0n) is 11.5. The Hall–Kier alpha value is -2.24. The molecule has 1 unspecified atom stereocenters. The average Bonchev–Trinajstić information content (AvgIpc) is 2.86. The van der Waals surface area contributed by atoms with E-state index < -0.39 is 11.9 Å². The summed E-state index contributed by atoms with van der Waals surface area (Å²) in [5, 5.41) is 2.50. The lowest BCUT2D eigenvalue weighted by atomic mass is 10.1. The molecule has 1 atom stereocenters. The van der Waals surface area contributed by atoms with E-state index in [0.29, 0.717) is 6.42 Å². The van der Waals surface area contributed by atoms with E-state index in [1.807, 2.05) is 18.2 Å². The normalized spacial score (nSPS) is 16.0. The average molecular weight is 279 g/mol. The molecule has 2 rings (SSSR count). The van der Waals surface area contributed by atoms with Gasteiger partial charge in [-0.25, -0.2) is 4.79 Å². The van der Waals surface area contributed by atoms with E-state index >= 15 is 0 Å². The van der Waals surface area contributed by atoms with Crippen molar-refractivity contribution in [3.8, 4) is 11.5 Å². The van der Waals surface area contributed by atoms with Crippen molar-refractivity contribution >= 4 is 11.9 Å². The van der Waals surface area contributed by atoms with Crippen LogP contribution in [-0.4, -0.2) is 38.2 Å². The predicted molar refractivity (Wildman–Crippen MR) is 70.8 cm³/mol. The standard InChI is InChI=1S/C14H17NO5/c1-3-19-14(17)13(16)15-8-11-7-9-6-10(18-2)4-5-12(9)20-11/h4-6,11H,3,7-8H2,1-2H3,(H,15,16). The molecule has 20 heavy (non-hydrogen) atoms. The molecule has 1 heterocycles. The second kappa shape index (κ2) is 6.27. The summed E-state index contributed by atoms with van der Waals surface area (Å²) in [5.41, 5.74) is 1.03. The highest BCUT2D eigenvalue weighted by molar-refractivity contribution is 6.32. The Morgan fingerprint density at radius 2 is 2.25 bits per heavy atom. The van der Waals surface area contributed by atoms with Gasteiger partial charge in [-0.05, 0) is 25.1 Å². The van der Waals surface area contributed by atoms with Crippen LogP contribution in [0.3, 0.4) is 0 Å². The highest BCUT2D eigenvalue weighted by Gasteiger charge is 2.25. The van der Waals surface area contributed by atoms with Gasteiger partial charge in [-0.2, -0.15) is 0 Å². The molecule has 108 valence electrons. The minimum Gasteiger partial charge on any atom is -0.497 e. The Bertz CT molecular complexity index is 514. The maximum absolute atomic E-state index is 11.4. The first-order valence-corrected chi connectivity index (χ1v) is 6.42. The van der Waals surface area contributed by atoms with Gasteiger partial charge in [0.2, 0.25) is 0 Å². The van der Waals surface area contributed by atoms with Gasteiger partial charge in [-0.3, -0.25) is 4.79 Å². The van der Waals surface area contributed by atoms with Crippen LogP contribution >= 0.6 is 0 Å². The van der Waals surface area contributed by atoms with Crippen molar-refractivity contribution in [3.05, 3.63) is 23.8 Å². The van der Waals surface area contributed by atoms with Gasteiger partial charge in [0.15, 0.2) is 0 Å². The first-order valence-electron chi connectivity index (χ1n) is 6.42. The van der Waals surface area contributed by atoms with Crippen LogP contribution in [0.1, 0.15) is 12.5 Å². The van der Waals surface area contributed by atoms with Crippen molar-refractivity contribution < 1.29 is 23.8 Å². The molecule has 0 aromatic heterocycles. The Morgan fingerprint density at radius 1 is 1.45 bits per heavy atom. The van der Waals surface area contributed by atoms with Gasteiger partial charge in [0.05, 0.1) is 20.3 Å². The van der Waals surface area contributed by atoms with E-state index in [-0.39, 0.29) is 19.3 Å². The number of carbonyl (C=O) groups is 2. The Labute approximate surface area is 117 Å². The van der Waals surface area contributed by atoms with Crippen molar-refractivity contribution in [2.75, 3.05) is 20.3 Å². The van der Waals surface area contributed by atoms with Gasteiger partial charge < -0.3 is 19.5 Å². The molecule has 1 aliphatic heterocycles. The highest BCUT2D eigenvalue weighted by Crippen LogP contribution is 2.31. The van der Waals surface area contributed by atoms with Gasteiger partial charge >= 0.3 is 11.9 Å². The van der Waals surface area contributed by atoms with E-state index in [1.165, 1.54) is 0 Å². The van der Waals surface area contributed by atoms with Gasteiger partial charge in [-0.1, -0.05) is 0 Å². The third-order valence-corrected chi connectivity index (χ3v) is 2.96. The molecule has 0 saturated carbocycles. The number of ether oxygens (including phenoxy) is 3. The molecular weight excluding hydrogens is 262 g/mol. The van der Waals surface area contributed by atoms with E-state index in [0.717, 1.165) is 17.1 Å². The number of rotatable bonds is 4. The summed E-state index contributed by atoms with van der Waals surface area (Å²) < 4.78 is 15.4. The van der Waals surface area contributed by atoms with Crippen LogP contribution in [0.4, 0.5) is 0 Å². The molecule has 6 nitrogen and oxygen atoms in total. The van der Waals surface area contributed by atoms with Crippen LogP contribution < -0.4 is 14.8 Å². The first kappa shape index (κ1) is 14.2. The fraction of sp³-hybridized carbons (Fsp3) is 0.429. The Balaban J connectivity index is 1.86. The highest BCUT2D eigenvalue weighted by atomic mass is 16.5. The van der Waals surface area contributed by atoms with Crippen molar-refractivity contribution in [3.63, 3.8) is 0 Å². The van der Waals surface area contributed by atoms with Crippen LogP contribution in [-0.2, 0) is 20.7 Å². The maximum Gasteiger partial charge on any atom is 0.396 e. The number of benzene rings is 1. The van der Waals surface area contributed by atoms with E-state index in [1.54, 1.807) is 14.0 Å². The Kier molecular flexibility index (Phi) is 4.45. The number of carbonyl (C=O) groups excluding carboxylic acids is 2. The molecule has 1 aromatic rings. The van der Waals surface area contributed by atoms with Crippen LogP contribution in [0.2, 0.25) is 0 Å². The van der Waals surface area contributed by atoms with Crippen LogP contribution in [0.25, 0.3) is 0 Å². The summed E-state index contributed by atoms with van der Waals surface area (Å²) in [4.78, 5) is 22.6. The van der Waals surface area contributed by atoms with Crippen molar-refractivity contribution in [2.24, 2.45) is 0 Å². The van der Waals surface area contributed by atoms with Crippen LogP contribution in [0.5, 0.6) is 11.5 Å². The lowest BCUT2D eigenvalue weighted by Gasteiger charge is -2.11. The van der Waals surface area contributed by atoms with Gasteiger partial charge in [0, 0.05) is 12.0 Å². The summed E-state index contributed by atoms with van der Waals surface area (Å²) in [5.74, 6) is -0.0709. The van der Waals surface area contributed by atoms with Crippen molar-refractivity contribution in [1.82, 2.24) is 5.32 Å². The second-order valence-corrected chi connectivity index (χ2v) is 4.35. The van der Waals surface area contributed by atoms with Gasteiger partial charge in [-0.15, -0.1) is 0 Å².